The van der Waals surface area contributed by atoms with Crippen LogP contribution in [0.4, 0.5) is 5.69 Å². The molecule has 0 aromatic heterocycles. The number of ether oxygens (including phenoxy) is 1. The smallest absolute Gasteiger partial charge is 0.261 e. The molecule has 1 aliphatic rings. The van der Waals surface area contributed by atoms with Crippen LogP contribution < -0.4 is 4.72 Å². The van der Waals surface area contributed by atoms with Crippen molar-refractivity contribution in [1.82, 2.24) is 4.31 Å². The second-order valence-electron chi connectivity index (χ2n) is 5.97. The van der Waals surface area contributed by atoms with Gasteiger partial charge >= 0.3 is 0 Å². The zero-order chi connectivity index (χ0) is 18.8. The average molecular weight is 396 g/mol. The molecule has 0 saturated carbocycles. The molecule has 1 saturated heterocycles. The normalized spacial score (nSPS) is 16.3. The monoisotopic (exact) mass is 396 g/mol. The van der Waals surface area contributed by atoms with E-state index in [0.29, 0.717) is 13.2 Å². The van der Waals surface area contributed by atoms with Crippen LogP contribution in [-0.4, -0.2) is 47.4 Å². The molecule has 1 N–H and O–H groups in total. The lowest BCUT2D eigenvalue weighted by Crippen LogP contribution is -2.40. The standard InChI is InChI=1S/C17H20N2O5S2/c1-14-4-2-6-16(12-14)25(20,21)18-15-5-3-7-17(13-15)26(22,23)19-8-10-24-11-9-19/h2-7,12-13,18H,8-11H2,1H3. The molecule has 0 atom stereocenters. The minimum atomic E-state index is -3.80. The average Bonchev–Trinajstić information content (AvgIpc) is 2.62. The summed E-state index contributed by atoms with van der Waals surface area (Å²) in [6.07, 6.45) is 0. The first kappa shape index (κ1) is 18.8. The predicted molar refractivity (Wildman–Crippen MR) is 98.0 cm³/mol. The summed E-state index contributed by atoms with van der Waals surface area (Å²) < 4.78 is 59.4. The third-order valence-electron chi connectivity index (χ3n) is 3.99. The number of benzene rings is 2. The van der Waals surface area contributed by atoms with Gasteiger partial charge in [-0.15, -0.1) is 0 Å². The fourth-order valence-electron chi connectivity index (χ4n) is 2.65. The molecule has 140 valence electrons. The van der Waals surface area contributed by atoms with Gasteiger partial charge in [0.2, 0.25) is 10.0 Å². The highest BCUT2D eigenvalue weighted by Gasteiger charge is 2.26. The Hall–Kier alpha value is -1.94. The van der Waals surface area contributed by atoms with Crippen LogP contribution in [-0.2, 0) is 24.8 Å². The van der Waals surface area contributed by atoms with Gasteiger partial charge in [-0.3, -0.25) is 4.72 Å². The van der Waals surface area contributed by atoms with E-state index in [-0.39, 0.29) is 28.6 Å². The molecule has 9 heteroatoms. The Morgan fingerprint density at radius 3 is 2.27 bits per heavy atom. The van der Waals surface area contributed by atoms with Crippen LogP contribution in [0.1, 0.15) is 5.56 Å². The molecule has 7 nitrogen and oxygen atoms in total. The molecular weight excluding hydrogens is 376 g/mol. The summed E-state index contributed by atoms with van der Waals surface area (Å²) >= 11 is 0. The first-order chi connectivity index (χ1) is 12.3. The van der Waals surface area contributed by atoms with Crippen LogP contribution in [0.3, 0.4) is 0 Å². The topological polar surface area (TPSA) is 92.8 Å². The van der Waals surface area contributed by atoms with Crippen molar-refractivity contribution in [2.24, 2.45) is 0 Å². The zero-order valence-corrected chi connectivity index (χ0v) is 15.9. The van der Waals surface area contributed by atoms with Crippen molar-refractivity contribution >= 4 is 25.7 Å². The van der Waals surface area contributed by atoms with Gasteiger partial charge in [-0.2, -0.15) is 4.31 Å². The minimum Gasteiger partial charge on any atom is -0.379 e. The summed E-state index contributed by atoms with van der Waals surface area (Å²) in [5, 5.41) is 0. The summed E-state index contributed by atoms with van der Waals surface area (Å²) in [4.78, 5) is 0.169. The van der Waals surface area contributed by atoms with E-state index in [1.165, 1.54) is 34.6 Å². The van der Waals surface area contributed by atoms with Crippen molar-refractivity contribution < 1.29 is 21.6 Å². The fraction of sp³-hybridized carbons (Fsp3) is 0.294. The fourth-order valence-corrected chi connectivity index (χ4v) is 5.26. The van der Waals surface area contributed by atoms with E-state index in [9.17, 15) is 16.8 Å². The number of anilines is 1. The predicted octanol–water partition coefficient (Wildman–Crippen LogP) is 1.82. The van der Waals surface area contributed by atoms with Gasteiger partial charge in [0, 0.05) is 13.1 Å². The Morgan fingerprint density at radius 1 is 0.923 bits per heavy atom. The van der Waals surface area contributed by atoms with Crippen LogP contribution in [0.15, 0.2) is 58.3 Å². The second-order valence-corrected chi connectivity index (χ2v) is 9.59. The highest BCUT2D eigenvalue weighted by atomic mass is 32.2. The maximum atomic E-state index is 12.7. The molecule has 2 aromatic rings. The van der Waals surface area contributed by atoms with Crippen molar-refractivity contribution in [1.29, 1.82) is 0 Å². The van der Waals surface area contributed by atoms with Gasteiger partial charge in [0.25, 0.3) is 10.0 Å². The number of morpholine rings is 1. The maximum absolute atomic E-state index is 12.7. The number of nitrogens with zero attached hydrogens (tertiary/aromatic N) is 1. The van der Waals surface area contributed by atoms with Crippen molar-refractivity contribution in [3.63, 3.8) is 0 Å². The number of rotatable bonds is 5. The lowest BCUT2D eigenvalue weighted by molar-refractivity contribution is 0.0730. The molecule has 0 radical (unpaired) electrons. The quantitative estimate of drug-likeness (QED) is 0.832. The number of hydrogen-bond acceptors (Lipinski definition) is 5. The van der Waals surface area contributed by atoms with Gasteiger partial charge in [-0.1, -0.05) is 18.2 Å². The van der Waals surface area contributed by atoms with Crippen LogP contribution in [0.25, 0.3) is 0 Å². The lowest BCUT2D eigenvalue weighted by atomic mass is 10.2. The van der Waals surface area contributed by atoms with Crippen LogP contribution >= 0.6 is 0 Å². The largest absolute Gasteiger partial charge is 0.379 e. The van der Waals surface area contributed by atoms with E-state index >= 15 is 0 Å². The number of aryl methyl sites for hydroxylation is 1. The van der Waals surface area contributed by atoms with E-state index in [1.807, 2.05) is 0 Å². The zero-order valence-electron chi connectivity index (χ0n) is 14.3. The van der Waals surface area contributed by atoms with Crippen LogP contribution in [0, 0.1) is 6.92 Å². The minimum absolute atomic E-state index is 0.0452. The van der Waals surface area contributed by atoms with Crippen molar-refractivity contribution in [3.8, 4) is 0 Å². The van der Waals surface area contributed by atoms with E-state index in [0.717, 1.165) is 5.56 Å². The third kappa shape index (κ3) is 4.07. The molecule has 1 heterocycles. The molecule has 0 bridgehead atoms. The van der Waals surface area contributed by atoms with Crippen molar-refractivity contribution in [3.05, 3.63) is 54.1 Å². The maximum Gasteiger partial charge on any atom is 0.261 e. The molecule has 0 spiro atoms. The number of nitrogens with one attached hydrogen (secondary N) is 1. The number of sulfonamides is 2. The summed E-state index contributed by atoms with van der Waals surface area (Å²) in [6.45, 7) is 3.05. The Labute approximate surface area is 153 Å². The molecule has 1 aliphatic heterocycles. The first-order valence-electron chi connectivity index (χ1n) is 8.06. The molecule has 2 aromatic carbocycles. The van der Waals surface area contributed by atoms with Crippen LogP contribution in [0.2, 0.25) is 0 Å². The van der Waals surface area contributed by atoms with Crippen LogP contribution in [0.5, 0.6) is 0 Å². The summed E-state index contributed by atoms with van der Waals surface area (Å²) in [5.41, 5.74) is 1.01. The molecule has 0 amide bonds. The van der Waals surface area contributed by atoms with Gasteiger partial charge in [0.05, 0.1) is 28.7 Å². The molecule has 3 rings (SSSR count). The highest BCUT2D eigenvalue weighted by molar-refractivity contribution is 7.92. The molecule has 1 fully saturated rings. The second kappa shape index (κ2) is 7.36. The lowest BCUT2D eigenvalue weighted by Gasteiger charge is -2.26. The third-order valence-corrected chi connectivity index (χ3v) is 7.27. The summed E-state index contributed by atoms with van der Waals surface area (Å²) in [5.74, 6) is 0. The van der Waals surface area contributed by atoms with Gasteiger partial charge in [-0.05, 0) is 42.8 Å². The molecule has 26 heavy (non-hydrogen) atoms. The number of hydrogen-bond donors (Lipinski definition) is 1. The van der Waals surface area contributed by atoms with Gasteiger partial charge in [0.1, 0.15) is 0 Å². The Balaban J connectivity index is 1.88. The summed E-state index contributed by atoms with van der Waals surface area (Å²) in [6, 6.07) is 12.3. The van der Waals surface area contributed by atoms with E-state index < -0.39 is 20.0 Å². The SMILES string of the molecule is Cc1cccc(S(=O)(=O)Nc2cccc(S(=O)(=O)N3CCOCC3)c2)c1. The Morgan fingerprint density at radius 2 is 1.58 bits per heavy atom. The Bertz CT molecular complexity index is 997. The van der Waals surface area contributed by atoms with Gasteiger partial charge in [-0.25, -0.2) is 16.8 Å². The van der Waals surface area contributed by atoms with E-state index in [2.05, 4.69) is 4.72 Å². The van der Waals surface area contributed by atoms with E-state index in [1.54, 1.807) is 25.1 Å². The molecule has 0 unspecified atom stereocenters. The van der Waals surface area contributed by atoms with E-state index in [4.69, 9.17) is 4.74 Å². The first-order valence-corrected chi connectivity index (χ1v) is 11.0. The van der Waals surface area contributed by atoms with Crippen molar-refractivity contribution in [2.75, 3.05) is 31.0 Å². The van der Waals surface area contributed by atoms with Crippen molar-refractivity contribution in [2.45, 2.75) is 16.7 Å². The highest BCUT2D eigenvalue weighted by Crippen LogP contribution is 2.23. The summed E-state index contributed by atoms with van der Waals surface area (Å²) in [7, 11) is -7.49. The molecular formula is C17H20N2O5S2. The molecule has 0 aliphatic carbocycles. The Kier molecular flexibility index (Phi) is 5.33. The van der Waals surface area contributed by atoms with Gasteiger partial charge < -0.3 is 4.74 Å². The van der Waals surface area contributed by atoms with Gasteiger partial charge in [0.15, 0.2) is 0 Å².